The van der Waals surface area contributed by atoms with Gasteiger partial charge >= 0.3 is 0 Å². The Labute approximate surface area is 238 Å². The van der Waals surface area contributed by atoms with Gasteiger partial charge in [-0.2, -0.15) is 0 Å². The van der Waals surface area contributed by atoms with E-state index in [1.807, 2.05) is 0 Å². The largest absolute Gasteiger partial charge is 0.512 e. The maximum atomic E-state index is 10.8. The molecule has 0 spiro atoms. The predicted octanol–water partition coefficient (Wildman–Crippen LogP) is 8.11. The van der Waals surface area contributed by atoms with Gasteiger partial charge in [-0.1, -0.05) is 55.7 Å². The lowest BCUT2D eigenvalue weighted by atomic mass is 9.62. The highest BCUT2D eigenvalue weighted by Crippen LogP contribution is 2.55. The summed E-state index contributed by atoms with van der Waals surface area (Å²) >= 11 is 0. The van der Waals surface area contributed by atoms with Gasteiger partial charge in [0.15, 0.2) is 0 Å². The number of aliphatic hydroxyl groups excluding tert-OH is 1. The average molecular weight is 531 g/mol. The van der Waals surface area contributed by atoms with Gasteiger partial charge in [0.05, 0.1) is 5.76 Å². The summed E-state index contributed by atoms with van der Waals surface area (Å²) in [5.41, 5.74) is 1.34. The van der Waals surface area contributed by atoms with Crippen molar-refractivity contribution < 1.29 is 5.11 Å². The van der Waals surface area contributed by atoms with Crippen LogP contribution in [0, 0.1) is 41.4 Å². The standard InChI is InChI=1S/C36H54N2O/c39-34-16-8-12-28(35(34)27-10-2-1-3-11-27)24-37-23-25-17-20-29(21-18-25)38-33-15-7-6-14-31(33)32-22-19-26-9-4-5-13-30(26)36(32)38/h1-3,7,10,15,25-33,36-37,39H,4-6,8-9,11-14,16-24H2/t25?,26?,27?,28?,29?,30?,31?,32?,33-,36?/m0/s1. The van der Waals surface area contributed by atoms with Crippen LogP contribution in [0.4, 0.5) is 0 Å². The van der Waals surface area contributed by atoms with Crippen molar-refractivity contribution in [1.29, 1.82) is 0 Å². The van der Waals surface area contributed by atoms with Crippen LogP contribution in [0.25, 0.3) is 0 Å². The van der Waals surface area contributed by atoms with Gasteiger partial charge in [0.2, 0.25) is 0 Å². The topological polar surface area (TPSA) is 35.5 Å². The van der Waals surface area contributed by atoms with Gasteiger partial charge in [0.25, 0.3) is 0 Å². The Morgan fingerprint density at radius 2 is 1.67 bits per heavy atom. The number of allylic oxidation sites excluding steroid dienone is 6. The van der Waals surface area contributed by atoms with Crippen molar-refractivity contribution >= 4 is 0 Å². The van der Waals surface area contributed by atoms with Crippen molar-refractivity contribution in [1.82, 2.24) is 10.2 Å². The Morgan fingerprint density at radius 1 is 0.769 bits per heavy atom. The highest BCUT2D eigenvalue weighted by atomic mass is 16.3. The molecule has 0 radical (unpaired) electrons. The molecule has 1 saturated heterocycles. The van der Waals surface area contributed by atoms with Crippen LogP contribution in [0.15, 0.2) is 47.8 Å². The molecule has 0 aromatic rings. The highest BCUT2D eigenvalue weighted by molar-refractivity contribution is 5.27. The zero-order chi connectivity index (χ0) is 26.2. The second kappa shape index (κ2) is 11.9. The molecule has 4 fully saturated rings. The van der Waals surface area contributed by atoms with Gasteiger partial charge in [-0.15, -0.1) is 0 Å². The van der Waals surface area contributed by atoms with E-state index in [2.05, 4.69) is 46.7 Å². The third-order valence-electron chi connectivity index (χ3n) is 12.6. The molecular weight excluding hydrogens is 476 g/mol. The maximum Gasteiger partial charge on any atom is 0.0923 e. The SMILES string of the molecule is OC1=C(C2C=CC=CC2)C(CNCC2CCC(N3C4C5CCCCC5CCC4C4CCC=C[C@@H]43)CC2)CCC1. The minimum absolute atomic E-state index is 0.406. The van der Waals surface area contributed by atoms with Gasteiger partial charge in [0, 0.05) is 37.0 Å². The molecule has 0 bridgehead atoms. The minimum atomic E-state index is 0.406. The number of nitrogens with zero attached hydrogens (tertiary/aromatic N) is 1. The Hall–Kier alpha value is -1.32. The van der Waals surface area contributed by atoms with E-state index >= 15 is 0 Å². The Bertz CT molecular complexity index is 971. The van der Waals surface area contributed by atoms with E-state index in [4.69, 9.17) is 0 Å². The van der Waals surface area contributed by atoms with E-state index in [9.17, 15) is 5.11 Å². The third kappa shape index (κ3) is 5.25. The molecule has 2 N–H and O–H groups in total. The number of likely N-dealkylation sites (tertiary alicyclic amines) is 1. The van der Waals surface area contributed by atoms with Gasteiger partial charge in [-0.05, 0) is 125 Å². The number of aliphatic hydroxyl groups is 1. The number of hydrogen-bond donors (Lipinski definition) is 2. The van der Waals surface area contributed by atoms with E-state index in [-0.39, 0.29) is 0 Å². The molecule has 0 amide bonds. The van der Waals surface area contributed by atoms with Gasteiger partial charge in [-0.25, -0.2) is 0 Å². The Morgan fingerprint density at radius 3 is 2.54 bits per heavy atom. The molecule has 7 aliphatic rings. The number of nitrogens with one attached hydrogen (secondary N) is 1. The summed E-state index contributed by atoms with van der Waals surface area (Å²) in [4.78, 5) is 3.17. The van der Waals surface area contributed by atoms with Gasteiger partial charge in [0.1, 0.15) is 0 Å². The summed E-state index contributed by atoms with van der Waals surface area (Å²) in [6, 6.07) is 2.47. The Kier molecular flexibility index (Phi) is 8.10. The van der Waals surface area contributed by atoms with Crippen LogP contribution in [0.5, 0.6) is 0 Å². The summed E-state index contributed by atoms with van der Waals surface area (Å²) < 4.78 is 0. The fourth-order valence-corrected chi connectivity index (χ4v) is 10.9. The van der Waals surface area contributed by atoms with Crippen LogP contribution >= 0.6 is 0 Å². The van der Waals surface area contributed by atoms with Crippen LogP contribution in [-0.2, 0) is 0 Å². The zero-order valence-corrected chi connectivity index (χ0v) is 24.4. The van der Waals surface area contributed by atoms with Crippen molar-refractivity contribution in [2.45, 2.75) is 121 Å². The zero-order valence-electron chi connectivity index (χ0n) is 24.4. The first-order valence-corrected chi connectivity index (χ1v) is 17.2. The highest BCUT2D eigenvalue weighted by Gasteiger charge is 2.56. The van der Waals surface area contributed by atoms with Crippen LogP contribution < -0.4 is 5.32 Å². The van der Waals surface area contributed by atoms with Gasteiger partial charge in [-0.3, -0.25) is 4.90 Å². The predicted molar refractivity (Wildman–Crippen MR) is 161 cm³/mol. The number of rotatable bonds is 6. The second-order valence-corrected chi connectivity index (χ2v) is 14.5. The fourth-order valence-electron chi connectivity index (χ4n) is 10.9. The number of fused-ring (bicyclic) bond motifs is 5. The molecule has 1 heterocycles. The summed E-state index contributed by atoms with van der Waals surface area (Å²) in [6.45, 7) is 2.21. The van der Waals surface area contributed by atoms with Crippen molar-refractivity contribution in [3.8, 4) is 0 Å². The first kappa shape index (κ1) is 26.6. The molecule has 7 rings (SSSR count). The summed E-state index contributed by atoms with van der Waals surface area (Å²) in [5.74, 6) is 6.40. The first-order chi connectivity index (χ1) is 19.3. The Balaban J connectivity index is 0.959. The molecule has 214 valence electrons. The van der Waals surface area contributed by atoms with Crippen LogP contribution in [0.2, 0.25) is 0 Å². The van der Waals surface area contributed by atoms with Crippen LogP contribution in [-0.4, -0.2) is 41.2 Å². The van der Waals surface area contributed by atoms with E-state index in [1.165, 1.54) is 95.6 Å². The molecule has 0 aromatic carbocycles. The molecule has 3 heteroatoms. The van der Waals surface area contributed by atoms with E-state index < -0.39 is 0 Å². The minimum Gasteiger partial charge on any atom is -0.512 e. The molecule has 0 aromatic heterocycles. The van der Waals surface area contributed by atoms with Crippen molar-refractivity contribution in [2.24, 2.45) is 41.4 Å². The average Bonchev–Trinajstić information content (AvgIpc) is 3.33. The van der Waals surface area contributed by atoms with E-state index in [1.54, 1.807) is 0 Å². The summed E-state index contributed by atoms with van der Waals surface area (Å²) in [7, 11) is 0. The van der Waals surface area contributed by atoms with E-state index in [0.717, 1.165) is 73.5 Å². The third-order valence-corrected chi connectivity index (χ3v) is 12.6. The fraction of sp³-hybridized carbons (Fsp3) is 0.778. The second-order valence-electron chi connectivity index (χ2n) is 14.5. The van der Waals surface area contributed by atoms with Crippen molar-refractivity contribution in [2.75, 3.05) is 13.1 Å². The lowest BCUT2D eigenvalue weighted by Crippen LogP contribution is -2.53. The van der Waals surface area contributed by atoms with Crippen molar-refractivity contribution in [3.05, 3.63) is 47.8 Å². The maximum absolute atomic E-state index is 10.8. The first-order valence-electron chi connectivity index (χ1n) is 17.2. The summed E-state index contributed by atoms with van der Waals surface area (Å²) in [5, 5.41) is 14.7. The van der Waals surface area contributed by atoms with Gasteiger partial charge < -0.3 is 10.4 Å². The molecular formula is C36H54N2O. The van der Waals surface area contributed by atoms with E-state index in [0.29, 0.717) is 17.6 Å². The quantitative estimate of drug-likeness (QED) is 0.340. The smallest absolute Gasteiger partial charge is 0.0923 e. The molecule has 39 heavy (non-hydrogen) atoms. The lowest BCUT2D eigenvalue weighted by Gasteiger charge is -2.49. The molecule has 6 aliphatic carbocycles. The molecule has 8 atom stereocenters. The molecule has 1 aliphatic heterocycles. The summed E-state index contributed by atoms with van der Waals surface area (Å²) in [6.07, 6.45) is 35.9. The molecule has 3 nitrogen and oxygen atoms in total. The molecule has 7 unspecified atom stereocenters. The lowest BCUT2D eigenvalue weighted by molar-refractivity contribution is 0.00286. The van der Waals surface area contributed by atoms with Crippen molar-refractivity contribution in [3.63, 3.8) is 0 Å². The normalized spacial score (nSPS) is 44.2. The van der Waals surface area contributed by atoms with Crippen LogP contribution in [0.1, 0.15) is 103 Å². The molecule has 3 saturated carbocycles. The monoisotopic (exact) mass is 530 g/mol. The number of hydrogen-bond acceptors (Lipinski definition) is 3. The van der Waals surface area contributed by atoms with Crippen LogP contribution in [0.3, 0.4) is 0 Å².